The Morgan fingerprint density at radius 3 is 2.33 bits per heavy atom. The number of hydrazine groups is 1. The van der Waals surface area contributed by atoms with Crippen molar-refractivity contribution in [3.8, 4) is 16.3 Å². The van der Waals surface area contributed by atoms with Crippen LogP contribution in [-0.2, 0) is 6.18 Å². The van der Waals surface area contributed by atoms with E-state index in [1.807, 2.05) is 18.2 Å². The third kappa shape index (κ3) is 4.20. The third-order valence-corrected chi connectivity index (χ3v) is 5.13. The summed E-state index contributed by atoms with van der Waals surface area (Å²) in [5.41, 5.74) is 6.22. The molecule has 0 saturated carbocycles. The van der Waals surface area contributed by atoms with Gasteiger partial charge in [0.25, 0.3) is 5.91 Å². The summed E-state index contributed by atoms with van der Waals surface area (Å²) in [5, 5.41) is 5.53. The van der Waals surface area contributed by atoms with E-state index in [1.54, 1.807) is 41.8 Å². The zero-order valence-corrected chi connectivity index (χ0v) is 16.2. The molecular formula is C21H15F3N4OS. The number of thiophene rings is 1. The second-order valence-corrected chi connectivity index (χ2v) is 7.24. The zero-order chi connectivity index (χ0) is 21.1. The van der Waals surface area contributed by atoms with Crippen LogP contribution in [0.2, 0.25) is 0 Å². The molecule has 0 unspecified atom stereocenters. The standard InChI is InChI=1S/C21H15F3N4OS/c22-21(23,24)19-13-17(18-7-4-12-30-18)28(27-19)16-10-8-14(9-11-16)20(29)26-25-15-5-2-1-3-6-15/h1-13,25H,(H,26,29). The molecule has 1 amide bonds. The Morgan fingerprint density at radius 2 is 1.70 bits per heavy atom. The molecular weight excluding hydrogens is 413 g/mol. The molecule has 0 saturated heterocycles. The van der Waals surface area contributed by atoms with E-state index >= 15 is 0 Å². The first-order valence-corrected chi connectivity index (χ1v) is 9.73. The van der Waals surface area contributed by atoms with E-state index in [2.05, 4.69) is 16.0 Å². The molecule has 0 spiro atoms. The van der Waals surface area contributed by atoms with Crippen molar-refractivity contribution in [2.24, 2.45) is 0 Å². The molecule has 2 N–H and O–H groups in total. The monoisotopic (exact) mass is 428 g/mol. The molecule has 0 aliphatic carbocycles. The Hall–Kier alpha value is -3.59. The van der Waals surface area contributed by atoms with Crippen LogP contribution in [0.1, 0.15) is 16.1 Å². The maximum Gasteiger partial charge on any atom is 0.435 e. The van der Waals surface area contributed by atoms with Crippen molar-refractivity contribution in [2.45, 2.75) is 6.18 Å². The van der Waals surface area contributed by atoms with Crippen molar-refractivity contribution in [2.75, 3.05) is 5.43 Å². The fraction of sp³-hybridized carbons (Fsp3) is 0.0476. The quantitative estimate of drug-likeness (QED) is 0.420. The fourth-order valence-electron chi connectivity index (χ4n) is 2.79. The number of amides is 1. The van der Waals surface area contributed by atoms with Crippen molar-refractivity contribution in [1.82, 2.24) is 15.2 Å². The van der Waals surface area contributed by atoms with E-state index in [-0.39, 0.29) is 5.91 Å². The van der Waals surface area contributed by atoms with Crippen molar-refractivity contribution in [3.05, 3.63) is 89.4 Å². The fourth-order valence-corrected chi connectivity index (χ4v) is 3.52. The number of aromatic nitrogens is 2. The summed E-state index contributed by atoms with van der Waals surface area (Å²) in [4.78, 5) is 13.0. The summed E-state index contributed by atoms with van der Waals surface area (Å²) in [6, 6.07) is 19.8. The van der Waals surface area contributed by atoms with E-state index in [0.717, 1.165) is 11.8 Å². The second kappa shape index (κ2) is 8.03. The first-order chi connectivity index (χ1) is 14.4. The largest absolute Gasteiger partial charge is 0.435 e. The lowest BCUT2D eigenvalue weighted by Gasteiger charge is -2.10. The number of nitrogens with zero attached hydrogens (tertiary/aromatic N) is 2. The number of nitrogens with one attached hydrogen (secondary N) is 2. The van der Waals surface area contributed by atoms with Gasteiger partial charge in [0.2, 0.25) is 0 Å². The molecule has 4 aromatic rings. The highest BCUT2D eigenvalue weighted by atomic mass is 32.1. The molecule has 2 aromatic carbocycles. The van der Waals surface area contributed by atoms with Gasteiger partial charge in [-0.05, 0) is 53.9 Å². The number of rotatable bonds is 5. The number of carbonyl (C=O) groups excluding carboxylic acids is 1. The molecule has 0 aliphatic rings. The van der Waals surface area contributed by atoms with Gasteiger partial charge in [0, 0.05) is 5.56 Å². The molecule has 5 nitrogen and oxygen atoms in total. The van der Waals surface area contributed by atoms with Gasteiger partial charge in [0.15, 0.2) is 5.69 Å². The summed E-state index contributed by atoms with van der Waals surface area (Å²) in [5.74, 6) is -0.375. The average Bonchev–Trinajstić information content (AvgIpc) is 3.42. The highest BCUT2D eigenvalue weighted by Crippen LogP contribution is 2.34. The van der Waals surface area contributed by atoms with Crippen molar-refractivity contribution in [1.29, 1.82) is 0 Å². The van der Waals surface area contributed by atoms with E-state index in [4.69, 9.17) is 0 Å². The summed E-state index contributed by atoms with van der Waals surface area (Å²) < 4.78 is 40.8. The van der Waals surface area contributed by atoms with Gasteiger partial charge < -0.3 is 0 Å². The first-order valence-electron chi connectivity index (χ1n) is 8.85. The lowest BCUT2D eigenvalue weighted by atomic mass is 10.2. The molecule has 2 heterocycles. The minimum Gasteiger partial charge on any atom is -0.298 e. The van der Waals surface area contributed by atoms with Crippen LogP contribution in [0.3, 0.4) is 0 Å². The van der Waals surface area contributed by atoms with Gasteiger partial charge >= 0.3 is 6.18 Å². The highest BCUT2D eigenvalue weighted by Gasteiger charge is 2.35. The molecule has 0 bridgehead atoms. The van der Waals surface area contributed by atoms with Crippen LogP contribution in [0.15, 0.2) is 78.2 Å². The van der Waals surface area contributed by atoms with Gasteiger partial charge in [-0.3, -0.25) is 15.6 Å². The molecule has 0 atom stereocenters. The molecule has 4 rings (SSSR count). The minimum absolute atomic E-state index is 0.334. The maximum atomic E-state index is 13.2. The zero-order valence-electron chi connectivity index (χ0n) is 15.4. The van der Waals surface area contributed by atoms with Crippen LogP contribution >= 0.6 is 11.3 Å². The Bertz CT molecular complexity index is 1140. The van der Waals surface area contributed by atoms with Crippen LogP contribution in [0.5, 0.6) is 0 Å². The lowest BCUT2D eigenvalue weighted by Crippen LogP contribution is -2.29. The Kier molecular flexibility index (Phi) is 5.28. The number of para-hydroxylation sites is 1. The van der Waals surface area contributed by atoms with Gasteiger partial charge in [-0.25, -0.2) is 4.68 Å². The molecule has 9 heteroatoms. The Labute approximate surface area is 173 Å². The van der Waals surface area contributed by atoms with Gasteiger partial charge in [-0.1, -0.05) is 24.3 Å². The summed E-state index contributed by atoms with van der Waals surface area (Å²) in [6.07, 6.45) is -4.56. The number of halogens is 3. The minimum atomic E-state index is -4.56. The predicted molar refractivity (Wildman–Crippen MR) is 109 cm³/mol. The van der Waals surface area contributed by atoms with Crippen LogP contribution in [-0.4, -0.2) is 15.7 Å². The van der Waals surface area contributed by atoms with Gasteiger partial charge in [-0.15, -0.1) is 11.3 Å². The maximum absolute atomic E-state index is 13.2. The molecule has 2 aromatic heterocycles. The average molecular weight is 428 g/mol. The number of hydrogen-bond donors (Lipinski definition) is 2. The van der Waals surface area contributed by atoms with Crippen LogP contribution in [0.4, 0.5) is 18.9 Å². The first kappa shape index (κ1) is 19.7. The van der Waals surface area contributed by atoms with E-state index in [0.29, 0.717) is 21.8 Å². The molecule has 152 valence electrons. The van der Waals surface area contributed by atoms with E-state index in [1.165, 1.54) is 28.2 Å². The normalized spacial score (nSPS) is 11.3. The highest BCUT2D eigenvalue weighted by molar-refractivity contribution is 7.13. The number of anilines is 1. The van der Waals surface area contributed by atoms with Crippen molar-refractivity contribution < 1.29 is 18.0 Å². The van der Waals surface area contributed by atoms with Gasteiger partial charge in [-0.2, -0.15) is 18.3 Å². The topological polar surface area (TPSA) is 59.0 Å². The predicted octanol–water partition coefficient (Wildman–Crippen LogP) is 5.38. The molecule has 30 heavy (non-hydrogen) atoms. The van der Waals surface area contributed by atoms with Gasteiger partial charge in [0.05, 0.1) is 21.9 Å². The van der Waals surface area contributed by atoms with E-state index in [9.17, 15) is 18.0 Å². The third-order valence-electron chi connectivity index (χ3n) is 4.24. The smallest absolute Gasteiger partial charge is 0.298 e. The number of hydrogen-bond acceptors (Lipinski definition) is 4. The summed E-state index contributed by atoms with van der Waals surface area (Å²) in [6.45, 7) is 0. The van der Waals surface area contributed by atoms with Gasteiger partial charge in [0.1, 0.15) is 0 Å². The Balaban J connectivity index is 1.58. The second-order valence-electron chi connectivity index (χ2n) is 6.29. The number of alkyl halides is 3. The molecule has 0 aliphatic heterocycles. The SMILES string of the molecule is O=C(NNc1ccccc1)c1ccc(-n2nc(C(F)(F)F)cc2-c2cccs2)cc1. The van der Waals surface area contributed by atoms with Crippen LogP contribution < -0.4 is 10.9 Å². The van der Waals surface area contributed by atoms with Crippen molar-refractivity contribution in [3.63, 3.8) is 0 Å². The summed E-state index contributed by atoms with van der Waals surface area (Å²) >= 11 is 1.32. The number of carbonyl (C=O) groups is 1. The van der Waals surface area contributed by atoms with Crippen LogP contribution in [0, 0.1) is 0 Å². The van der Waals surface area contributed by atoms with Crippen molar-refractivity contribution >= 4 is 22.9 Å². The lowest BCUT2D eigenvalue weighted by molar-refractivity contribution is -0.141. The Morgan fingerprint density at radius 1 is 0.967 bits per heavy atom. The molecule has 0 radical (unpaired) electrons. The number of benzene rings is 2. The molecule has 0 fully saturated rings. The van der Waals surface area contributed by atoms with E-state index < -0.39 is 11.9 Å². The van der Waals surface area contributed by atoms with Crippen LogP contribution in [0.25, 0.3) is 16.3 Å². The summed E-state index contributed by atoms with van der Waals surface area (Å²) in [7, 11) is 0.